The van der Waals surface area contributed by atoms with E-state index in [9.17, 15) is 18.1 Å². The summed E-state index contributed by atoms with van der Waals surface area (Å²) >= 11 is 5.95. The van der Waals surface area contributed by atoms with Crippen molar-refractivity contribution in [2.45, 2.75) is 18.7 Å². The molecule has 0 aliphatic rings. The third kappa shape index (κ3) is 4.70. The Kier molecular flexibility index (Phi) is 7.97. The fourth-order valence-corrected chi connectivity index (χ4v) is 2.75. The van der Waals surface area contributed by atoms with Crippen molar-refractivity contribution in [3.8, 4) is 11.6 Å². The number of halogens is 1. The standard InChI is InChI=1S/C11H11ClN2O4S.2Na/c1-6-3-8(19(16,17)18)5-9(12)11(6)14-10(15)4-7(2)13-14;;/h3-5,15H,1-2H3,(H,16,17,18);;/q;2*+1/p-2. The molecule has 0 saturated heterocycles. The molecule has 0 bridgehead atoms. The maximum atomic E-state index is 11.7. The molecular weight excluding hydrogens is 338 g/mol. The second-order valence-electron chi connectivity index (χ2n) is 4.06. The van der Waals surface area contributed by atoms with Gasteiger partial charge < -0.3 is 9.66 Å². The summed E-state index contributed by atoms with van der Waals surface area (Å²) in [7, 11) is -4.59. The van der Waals surface area contributed by atoms with Crippen molar-refractivity contribution < 1.29 is 77.2 Å². The fourth-order valence-electron chi connectivity index (χ4n) is 1.75. The van der Waals surface area contributed by atoms with E-state index < -0.39 is 15.0 Å². The first-order chi connectivity index (χ1) is 8.70. The Morgan fingerprint density at radius 2 is 1.76 bits per heavy atom. The Morgan fingerprint density at radius 1 is 1.19 bits per heavy atom. The van der Waals surface area contributed by atoms with E-state index in [0.29, 0.717) is 11.3 Å². The van der Waals surface area contributed by atoms with Crippen molar-refractivity contribution in [1.29, 1.82) is 0 Å². The molecule has 1 aromatic heterocycles. The minimum atomic E-state index is -4.59. The summed E-state index contributed by atoms with van der Waals surface area (Å²) in [5, 5.41) is 15.7. The van der Waals surface area contributed by atoms with Gasteiger partial charge in [0.1, 0.15) is 10.1 Å². The Hall–Kier alpha value is 0.430. The van der Waals surface area contributed by atoms with Crippen LogP contribution in [0.1, 0.15) is 11.3 Å². The molecule has 0 saturated carbocycles. The van der Waals surface area contributed by atoms with Crippen LogP contribution in [-0.2, 0) is 10.1 Å². The molecule has 0 N–H and O–H groups in total. The molecule has 0 spiro atoms. The summed E-state index contributed by atoms with van der Waals surface area (Å²) in [6.45, 7) is 3.20. The zero-order valence-electron chi connectivity index (χ0n) is 12.0. The first kappa shape index (κ1) is 21.4. The van der Waals surface area contributed by atoms with Crippen LogP contribution in [0.4, 0.5) is 0 Å². The van der Waals surface area contributed by atoms with Gasteiger partial charge in [-0.1, -0.05) is 11.6 Å². The number of hydrogen-bond donors (Lipinski definition) is 0. The van der Waals surface area contributed by atoms with Crippen LogP contribution in [-0.4, -0.2) is 22.8 Å². The zero-order chi connectivity index (χ0) is 14.4. The van der Waals surface area contributed by atoms with Gasteiger partial charge in [-0.25, -0.2) is 13.1 Å². The second-order valence-corrected chi connectivity index (χ2v) is 5.85. The zero-order valence-corrected chi connectivity index (χ0v) is 17.6. The van der Waals surface area contributed by atoms with Crippen LogP contribution in [0.2, 0.25) is 5.02 Å². The van der Waals surface area contributed by atoms with Gasteiger partial charge in [0.2, 0.25) is 0 Å². The topological polar surface area (TPSA) is 98.1 Å². The van der Waals surface area contributed by atoms with E-state index in [2.05, 4.69) is 5.10 Å². The average Bonchev–Trinajstić information content (AvgIpc) is 2.55. The predicted molar refractivity (Wildman–Crippen MR) is 65.5 cm³/mol. The third-order valence-corrected chi connectivity index (χ3v) is 3.63. The average molecular weight is 347 g/mol. The Bertz CT molecular complexity index is 739. The summed E-state index contributed by atoms with van der Waals surface area (Å²) in [5.74, 6) is -0.375. The molecule has 2 rings (SSSR count). The number of aryl methyl sites for hydroxylation is 2. The maximum absolute atomic E-state index is 11.7. The van der Waals surface area contributed by atoms with E-state index in [0.717, 1.165) is 10.7 Å². The third-order valence-electron chi connectivity index (χ3n) is 2.53. The molecule has 0 unspecified atom stereocenters. The van der Waals surface area contributed by atoms with Gasteiger partial charge in [0.05, 0.1) is 21.3 Å². The van der Waals surface area contributed by atoms with Gasteiger partial charge in [-0.15, -0.1) is 0 Å². The molecule has 1 aromatic carbocycles. The van der Waals surface area contributed by atoms with Gasteiger partial charge in [-0.3, -0.25) is 0 Å². The summed E-state index contributed by atoms with van der Waals surface area (Å²) in [4.78, 5) is -0.435. The van der Waals surface area contributed by atoms with Crippen molar-refractivity contribution in [3.05, 3.63) is 34.5 Å². The quantitative estimate of drug-likeness (QED) is 0.401. The summed E-state index contributed by atoms with van der Waals surface area (Å²) < 4.78 is 34.0. The molecule has 6 nitrogen and oxygen atoms in total. The van der Waals surface area contributed by atoms with E-state index in [1.54, 1.807) is 13.8 Å². The summed E-state index contributed by atoms with van der Waals surface area (Å²) in [6.07, 6.45) is 0. The van der Waals surface area contributed by atoms with Crippen LogP contribution >= 0.6 is 11.6 Å². The van der Waals surface area contributed by atoms with Crippen molar-refractivity contribution in [1.82, 2.24) is 9.78 Å². The van der Waals surface area contributed by atoms with E-state index in [-0.39, 0.29) is 75.7 Å². The van der Waals surface area contributed by atoms with Crippen LogP contribution in [0, 0.1) is 13.8 Å². The molecular formula is C11H9ClN2Na2O4S. The molecule has 0 aliphatic carbocycles. The first-order valence-corrected chi connectivity index (χ1v) is 6.99. The smallest absolute Gasteiger partial charge is 0.859 e. The van der Waals surface area contributed by atoms with E-state index in [1.165, 1.54) is 12.1 Å². The normalized spacial score (nSPS) is 10.7. The van der Waals surface area contributed by atoms with E-state index in [4.69, 9.17) is 11.6 Å². The number of hydrogen-bond acceptors (Lipinski definition) is 5. The van der Waals surface area contributed by atoms with E-state index in [1.807, 2.05) is 0 Å². The van der Waals surface area contributed by atoms with E-state index >= 15 is 0 Å². The molecule has 0 amide bonds. The molecule has 0 aliphatic heterocycles. The summed E-state index contributed by atoms with van der Waals surface area (Å²) in [5.41, 5.74) is 1.16. The first-order valence-electron chi connectivity index (χ1n) is 5.20. The number of nitrogens with zero attached hydrogens (tertiary/aromatic N) is 2. The van der Waals surface area contributed by atoms with Gasteiger partial charge >= 0.3 is 59.1 Å². The minimum Gasteiger partial charge on any atom is -0.859 e. The number of benzene rings is 1. The minimum absolute atomic E-state index is 0. The van der Waals surface area contributed by atoms with Crippen molar-refractivity contribution in [2.24, 2.45) is 0 Å². The van der Waals surface area contributed by atoms with Crippen LogP contribution < -0.4 is 64.2 Å². The molecule has 102 valence electrons. The number of aromatic nitrogens is 2. The Balaban J connectivity index is 0.00000200. The molecule has 21 heavy (non-hydrogen) atoms. The van der Waals surface area contributed by atoms with Crippen molar-refractivity contribution >= 4 is 21.7 Å². The molecule has 2 aromatic rings. The monoisotopic (exact) mass is 346 g/mol. The second kappa shape index (κ2) is 7.81. The van der Waals surface area contributed by atoms with Crippen molar-refractivity contribution in [3.63, 3.8) is 0 Å². The van der Waals surface area contributed by atoms with Gasteiger partial charge in [0, 0.05) is 0 Å². The van der Waals surface area contributed by atoms with Crippen LogP contribution in [0.15, 0.2) is 23.1 Å². The maximum Gasteiger partial charge on any atom is 1.00 e. The van der Waals surface area contributed by atoms with Gasteiger partial charge in [0.25, 0.3) is 0 Å². The SMILES string of the molecule is Cc1cc([O-])n(-c2c(C)cc(S(=O)(=O)[O-])cc2Cl)n1.[Na+].[Na+]. The number of rotatable bonds is 2. The largest absolute Gasteiger partial charge is 1.00 e. The van der Waals surface area contributed by atoms with Gasteiger partial charge in [-0.2, -0.15) is 5.10 Å². The van der Waals surface area contributed by atoms with Crippen LogP contribution in [0.3, 0.4) is 0 Å². The summed E-state index contributed by atoms with van der Waals surface area (Å²) in [6, 6.07) is 3.51. The van der Waals surface area contributed by atoms with Crippen LogP contribution in [0.5, 0.6) is 5.88 Å². The Morgan fingerprint density at radius 3 is 2.14 bits per heavy atom. The Labute approximate surface area is 171 Å². The molecule has 0 radical (unpaired) electrons. The molecule has 0 atom stereocenters. The predicted octanol–water partition coefficient (Wildman–Crippen LogP) is -4.87. The molecule has 10 heteroatoms. The fraction of sp³-hybridized carbons (Fsp3) is 0.182. The van der Waals surface area contributed by atoms with Crippen molar-refractivity contribution in [2.75, 3.05) is 0 Å². The van der Waals surface area contributed by atoms with Gasteiger partial charge in [0.15, 0.2) is 0 Å². The van der Waals surface area contributed by atoms with Gasteiger partial charge in [-0.05, 0) is 43.5 Å². The molecule has 1 heterocycles. The van der Waals surface area contributed by atoms with Crippen LogP contribution in [0.25, 0.3) is 5.69 Å². The molecule has 0 fully saturated rings.